The first-order valence-corrected chi connectivity index (χ1v) is 9.18. The Kier molecular flexibility index (Phi) is 6.13. The van der Waals surface area contributed by atoms with Crippen molar-refractivity contribution in [2.75, 3.05) is 36.4 Å². The van der Waals surface area contributed by atoms with Crippen molar-refractivity contribution in [3.63, 3.8) is 0 Å². The fraction of sp³-hybridized carbons (Fsp3) is 0.316. The number of nitrogens with zero attached hydrogens (tertiary/aromatic N) is 3. The summed E-state index contributed by atoms with van der Waals surface area (Å²) in [6.45, 7) is 4.22. The molecule has 1 aromatic heterocycles. The van der Waals surface area contributed by atoms with Gasteiger partial charge in [0.05, 0.1) is 0 Å². The highest BCUT2D eigenvalue weighted by atomic mass is 35.5. The molecule has 1 aliphatic rings. The van der Waals surface area contributed by atoms with Gasteiger partial charge in [-0.25, -0.2) is 9.78 Å². The van der Waals surface area contributed by atoms with Crippen LogP contribution in [-0.4, -0.2) is 54.0 Å². The van der Waals surface area contributed by atoms with E-state index in [0.29, 0.717) is 36.9 Å². The highest BCUT2D eigenvalue weighted by molar-refractivity contribution is 6.30. The lowest BCUT2D eigenvalue weighted by molar-refractivity contribution is -0.117. The van der Waals surface area contributed by atoms with Crippen molar-refractivity contribution >= 4 is 35.0 Å². The molecule has 7 nitrogen and oxygen atoms in total. The lowest BCUT2D eigenvalue weighted by Gasteiger charge is -2.35. The minimum Gasteiger partial charge on any atom is -0.353 e. The maximum Gasteiger partial charge on any atom is 0.318 e. The van der Waals surface area contributed by atoms with E-state index in [9.17, 15) is 9.59 Å². The molecule has 1 atom stereocenters. The van der Waals surface area contributed by atoms with Crippen LogP contribution in [0.1, 0.15) is 6.92 Å². The number of pyridine rings is 1. The van der Waals surface area contributed by atoms with Crippen LogP contribution in [0.5, 0.6) is 0 Å². The van der Waals surface area contributed by atoms with Crippen molar-refractivity contribution in [1.29, 1.82) is 0 Å². The third-order valence-corrected chi connectivity index (χ3v) is 4.64. The van der Waals surface area contributed by atoms with Crippen molar-refractivity contribution in [1.82, 2.24) is 15.2 Å². The first-order valence-electron chi connectivity index (χ1n) is 8.81. The van der Waals surface area contributed by atoms with Gasteiger partial charge >= 0.3 is 6.03 Å². The maximum absolute atomic E-state index is 12.4. The Morgan fingerprint density at radius 3 is 2.41 bits per heavy atom. The molecule has 2 N–H and O–H groups in total. The van der Waals surface area contributed by atoms with Crippen LogP contribution in [0.4, 0.5) is 16.3 Å². The second-order valence-corrected chi connectivity index (χ2v) is 6.77. The number of nitrogens with one attached hydrogen (secondary N) is 2. The molecule has 142 valence electrons. The average molecular weight is 388 g/mol. The highest BCUT2D eigenvalue weighted by Gasteiger charge is 2.24. The van der Waals surface area contributed by atoms with Gasteiger partial charge in [0.1, 0.15) is 11.9 Å². The molecule has 1 saturated heterocycles. The van der Waals surface area contributed by atoms with Crippen molar-refractivity contribution in [2.45, 2.75) is 13.0 Å². The Hall–Kier alpha value is -2.80. The topological polar surface area (TPSA) is 77.6 Å². The van der Waals surface area contributed by atoms with Gasteiger partial charge in [-0.3, -0.25) is 4.79 Å². The van der Waals surface area contributed by atoms with Gasteiger partial charge in [0, 0.05) is 43.1 Å². The summed E-state index contributed by atoms with van der Waals surface area (Å²) in [5.41, 5.74) is 0.634. The van der Waals surface area contributed by atoms with E-state index in [2.05, 4.69) is 20.5 Å². The van der Waals surface area contributed by atoms with Crippen molar-refractivity contribution in [2.24, 2.45) is 0 Å². The maximum atomic E-state index is 12.4. The summed E-state index contributed by atoms with van der Waals surface area (Å²) < 4.78 is 0. The standard InChI is InChI=1S/C19H22ClN5O2/c1-14(18(26)23-16-7-5-15(20)6-8-16)22-19(27)25-12-10-24(11-13-25)17-4-2-3-9-21-17/h2-9,14H,10-13H2,1H3,(H,22,27)(H,23,26). The summed E-state index contributed by atoms with van der Waals surface area (Å²) in [5, 5.41) is 6.11. The molecule has 2 heterocycles. The lowest BCUT2D eigenvalue weighted by Crippen LogP contribution is -2.54. The normalized spacial score (nSPS) is 15.2. The number of aromatic nitrogens is 1. The SMILES string of the molecule is CC(NC(=O)N1CCN(c2ccccn2)CC1)C(=O)Nc1ccc(Cl)cc1. The number of anilines is 2. The average Bonchev–Trinajstić information content (AvgIpc) is 2.70. The molecular weight excluding hydrogens is 366 g/mol. The second-order valence-electron chi connectivity index (χ2n) is 6.33. The number of hydrogen-bond donors (Lipinski definition) is 2. The van der Waals surface area contributed by atoms with E-state index in [4.69, 9.17) is 11.6 Å². The van der Waals surface area contributed by atoms with Crippen LogP contribution < -0.4 is 15.5 Å². The van der Waals surface area contributed by atoms with Gasteiger partial charge in [-0.05, 0) is 43.3 Å². The zero-order valence-corrected chi connectivity index (χ0v) is 15.8. The Bertz CT molecular complexity index is 776. The Morgan fingerprint density at radius 1 is 1.07 bits per heavy atom. The van der Waals surface area contributed by atoms with Gasteiger partial charge in [0.15, 0.2) is 0 Å². The molecule has 2 aromatic rings. The summed E-state index contributed by atoms with van der Waals surface area (Å²) in [6, 6.07) is 11.7. The van der Waals surface area contributed by atoms with E-state index in [1.165, 1.54) is 0 Å². The quantitative estimate of drug-likeness (QED) is 0.845. The van der Waals surface area contributed by atoms with Gasteiger partial charge in [-0.15, -0.1) is 0 Å². The molecule has 8 heteroatoms. The van der Waals surface area contributed by atoms with E-state index in [0.717, 1.165) is 5.82 Å². The summed E-state index contributed by atoms with van der Waals surface area (Å²) in [4.78, 5) is 32.9. The monoisotopic (exact) mass is 387 g/mol. The highest BCUT2D eigenvalue weighted by Crippen LogP contribution is 2.14. The number of piperazine rings is 1. The summed E-state index contributed by atoms with van der Waals surface area (Å²) in [7, 11) is 0. The van der Waals surface area contributed by atoms with Crippen molar-refractivity contribution in [3.8, 4) is 0 Å². The summed E-state index contributed by atoms with van der Waals surface area (Å²) in [6.07, 6.45) is 1.76. The van der Waals surface area contributed by atoms with Crippen molar-refractivity contribution in [3.05, 3.63) is 53.7 Å². The molecule has 27 heavy (non-hydrogen) atoms. The molecule has 0 saturated carbocycles. The molecule has 3 rings (SSSR count). The molecule has 0 bridgehead atoms. The zero-order valence-electron chi connectivity index (χ0n) is 15.1. The summed E-state index contributed by atoms with van der Waals surface area (Å²) in [5.74, 6) is 0.631. The smallest absolute Gasteiger partial charge is 0.318 e. The van der Waals surface area contributed by atoms with Crippen LogP contribution >= 0.6 is 11.6 Å². The van der Waals surface area contributed by atoms with E-state index in [-0.39, 0.29) is 11.9 Å². The molecule has 1 aromatic carbocycles. The van der Waals surface area contributed by atoms with Crippen molar-refractivity contribution < 1.29 is 9.59 Å². The number of halogens is 1. The van der Waals surface area contributed by atoms with Gasteiger partial charge in [-0.2, -0.15) is 0 Å². The first-order chi connectivity index (χ1) is 13.0. The Labute approximate surface area is 163 Å². The van der Waals surface area contributed by atoms with Crippen LogP contribution in [0.15, 0.2) is 48.7 Å². The number of urea groups is 1. The molecule has 3 amide bonds. The van der Waals surface area contributed by atoms with Crippen LogP contribution in [0.2, 0.25) is 5.02 Å². The van der Waals surface area contributed by atoms with Gasteiger partial charge in [0.25, 0.3) is 0 Å². The Morgan fingerprint density at radius 2 is 1.78 bits per heavy atom. The number of carbonyl (C=O) groups is 2. The molecule has 0 radical (unpaired) electrons. The number of benzene rings is 1. The third kappa shape index (κ3) is 5.10. The van der Waals surface area contributed by atoms with Crippen LogP contribution in [0, 0.1) is 0 Å². The zero-order chi connectivity index (χ0) is 19.2. The predicted molar refractivity (Wildman–Crippen MR) is 106 cm³/mol. The fourth-order valence-electron chi connectivity index (χ4n) is 2.81. The summed E-state index contributed by atoms with van der Waals surface area (Å²) >= 11 is 5.83. The second kappa shape index (κ2) is 8.73. The van der Waals surface area contributed by atoms with Crippen LogP contribution in [0.3, 0.4) is 0 Å². The predicted octanol–water partition coefficient (Wildman–Crippen LogP) is 2.59. The Balaban J connectivity index is 1.47. The lowest BCUT2D eigenvalue weighted by atomic mass is 10.2. The van der Waals surface area contributed by atoms with Gasteiger partial charge < -0.3 is 20.4 Å². The van der Waals surface area contributed by atoms with Gasteiger partial charge in [-0.1, -0.05) is 17.7 Å². The molecule has 0 spiro atoms. The molecule has 0 aliphatic carbocycles. The van der Waals surface area contributed by atoms with E-state index in [1.807, 2.05) is 18.2 Å². The van der Waals surface area contributed by atoms with Crippen LogP contribution in [0.25, 0.3) is 0 Å². The molecule has 1 aliphatic heterocycles. The number of amides is 3. The molecule has 1 fully saturated rings. The molecular formula is C19H22ClN5O2. The third-order valence-electron chi connectivity index (χ3n) is 4.39. The number of rotatable bonds is 4. The number of hydrogen-bond acceptors (Lipinski definition) is 4. The largest absolute Gasteiger partial charge is 0.353 e. The number of carbonyl (C=O) groups excluding carboxylic acids is 2. The van der Waals surface area contributed by atoms with E-state index >= 15 is 0 Å². The van der Waals surface area contributed by atoms with E-state index < -0.39 is 6.04 Å². The van der Waals surface area contributed by atoms with Gasteiger partial charge in [0.2, 0.25) is 5.91 Å². The minimum absolute atomic E-state index is 0.241. The molecule has 1 unspecified atom stereocenters. The minimum atomic E-state index is -0.651. The first kappa shape index (κ1) is 19.0. The van der Waals surface area contributed by atoms with Crippen LogP contribution in [-0.2, 0) is 4.79 Å². The fourth-order valence-corrected chi connectivity index (χ4v) is 2.93. The van der Waals surface area contributed by atoms with E-state index in [1.54, 1.807) is 42.3 Å².